The monoisotopic (exact) mass is 506 g/mol. The molecule has 1 N–H and O–H groups in total. The Labute approximate surface area is 198 Å². The van der Waals surface area contributed by atoms with Crippen LogP contribution >= 0.6 is 27.7 Å². The molecule has 7 heteroatoms. The maximum absolute atomic E-state index is 12.8. The summed E-state index contributed by atoms with van der Waals surface area (Å²) in [6.45, 7) is 2.08. The van der Waals surface area contributed by atoms with Gasteiger partial charge in [0.05, 0.1) is 11.4 Å². The van der Waals surface area contributed by atoms with Gasteiger partial charge in [0.15, 0.2) is 0 Å². The fraction of sp³-hybridized carbons (Fsp3) is 0.0800. The third-order valence-corrected chi connectivity index (χ3v) is 6.37. The SMILES string of the molecule is Cc1ccccc1NC(=O)c1ccc(CN2C(=O)S/C(=C\c3cccc(Br)c3)C2=O)cc1. The first-order valence-corrected chi connectivity index (χ1v) is 11.5. The number of nitrogens with zero attached hydrogens (tertiary/aromatic N) is 1. The molecular formula is C25H19BrN2O3S. The summed E-state index contributed by atoms with van der Waals surface area (Å²) in [6, 6.07) is 22.0. The minimum atomic E-state index is -0.318. The molecule has 0 saturated carbocycles. The number of anilines is 1. The highest BCUT2D eigenvalue weighted by molar-refractivity contribution is 9.10. The fourth-order valence-electron chi connectivity index (χ4n) is 3.24. The predicted octanol–water partition coefficient (Wildman–Crippen LogP) is 6.25. The lowest BCUT2D eigenvalue weighted by molar-refractivity contribution is -0.123. The average molecular weight is 507 g/mol. The molecule has 0 unspecified atom stereocenters. The number of carbonyl (C=O) groups is 3. The first kappa shape index (κ1) is 22.0. The Bertz CT molecular complexity index is 1240. The summed E-state index contributed by atoms with van der Waals surface area (Å²) in [6.07, 6.45) is 1.72. The molecule has 1 aliphatic rings. The Morgan fingerprint density at radius 3 is 2.50 bits per heavy atom. The molecule has 1 aliphatic heterocycles. The summed E-state index contributed by atoms with van der Waals surface area (Å²) in [7, 11) is 0. The molecule has 160 valence electrons. The highest BCUT2D eigenvalue weighted by Gasteiger charge is 2.35. The van der Waals surface area contributed by atoms with Crippen molar-refractivity contribution >= 4 is 56.5 Å². The standard InChI is InChI=1S/C25H19BrN2O3S/c1-16-5-2-3-8-21(16)27-23(29)19-11-9-17(10-12-19)15-28-24(30)22(32-25(28)31)14-18-6-4-7-20(26)13-18/h2-14H,15H2,1H3,(H,27,29)/b22-14-. The third-order valence-electron chi connectivity index (χ3n) is 4.97. The first-order valence-electron chi connectivity index (χ1n) is 9.87. The van der Waals surface area contributed by atoms with Gasteiger partial charge >= 0.3 is 0 Å². The van der Waals surface area contributed by atoms with Gasteiger partial charge in [-0.25, -0.2) is 0 Å². The van der Waals surface area contributed by atoms with Gasteiger partial charge in [-0.2, -0.15) is 0 Å². The number of amides is 3. The van der Waals surface area contributed by atoms with E-state index in [0.717, 1.165) is 38.6 Å². The number of hydrogen-bond acceptors (Lipinski definition) is 4. The van der Waals surface area contributed by atoms with Crippen LogP contribution in [0.2, 0.25) is 0 Å². The maximum Gasteiger partial charge on any atom is 0.293 e. The summed E-state index contributed by atoms with van der Waals surface area (Å²) in [5.41, 5.74) is 3.85. The molecular weight excluding hydrogens is 488 g/mol. The zero-order valence-corrected chi connectivity index (χ0v) is 19.6. The van der Waals surface area contributed by atoms with E-state index < -0.39 is 0 Å². The number of para-hydroxylation sites is 1. The molecule has 32 heavy (non-hydrogen) atoms. The minimum Gasteiger partial charge on any atom is -0.322 e. The predicted molar refractivity (Wildman–Crippen MR) is 131 cm³/mol. The van der Waals surface area contributed by atoms with Gasteiger partial charge in [0.2, 0.25) is 0 Å². The largest absolute Gasteiger partial charge is 0.322 e. The summed E-state index contributed by atoms with van der Waals surface area (Å²) >= 11 is 4.34. The highest BCUT2D eigenvalue weighted by atomic mass is 79.9. The Balaban J connectivity index is 1.44. The van der Waals surface area contributed by atoms with Gasteiger partial charge < -0.3 is 5.32 Å². The van der Waals surface area contributed by atoms with E-state index in [-0.39, 0.29) is 23.6 Å². The maximum atomic E-state index is 12.8. The number of halogens is 1. The van der Waals surface area contributed by atoms with Crippen molar-refractivity contribution in [2.75, 3.05) is 5.32 Å². The molecule has 0 bridgehead atoms. The second-order valence-electron chi connectivity index (χ2n) is 7.29. The van der Waals surface area contributed by atoms with Crippen LogP contribution in [-0.2, 0) is 11.3 Å². The van der Waals surface area contributed by atoms with Crippen LogP contribution < -0.4 is 5.32 Å². The molecule has 0 atom stereocenters. The van der Waals surface area contributed by atoms with E-state index in [2.05, 4.69) is 21.2 Å². The van der Waals surface area contributed by atoms with Crippen LogP contribution in [0.25, 0.3) is 6.08 Å². The normalized spacial score (nSPS) is 14.8. The van der Waals surface area contributed by atoms with Crippen molar-refractivity contribution < 1.29 is 14.4 Å². The lowest BCUT2D eigenvalue weighted by Crippen LogP contribution is -2.27. The Morgan fingerprint density at radius 2 is 1.78 bits per heavy atom. The van der Waals surface area contributed by atoms with Gasteiger partial charge in [-0.15, -0.1) is 0 Å². The molecule has 0 aliphatic carbocycles. The summed E-state index contributed by atoms with van der Waals surface area (Å²) in [5.74, 6) is -0.532. The van der Waals surface area contributed by atoms with E-state index in [1.165, 1.54) is 4.90 Å². The Hall–Kier alpha value is -3.16. The second-order valence-corrected chi connectivity index (χ2v) is 9.20. The van der Waals surface area contributed by atoms with Crippen molar-refractivity contribution in [3.63, 3.8) is 0 Å². The number of thioether (sulfide) groups is 1. The van der Waals surface area contributed by atoms with Gasteiger partial charge in [0.25, 0.3) is 17.1 Å². The molecule has 0 spiro atoms. The van der Waals surface area contributed by atoms with E-state index in [1.54, 1.807) is 30.3 Å². The summed E-state index contributed by atoms with van der Waals surface area (Å²) in [5, 5.41) is 2.59. The molecule has 0 radical (unpaired) electrons. The van der Waals surface area contributed by atoms with Crippen LogP contribution in [0, 0.1) is 6.92 Å². The number of nitrogens with one attached hydrogen (secondary N) is 1. The van der Waals surface area contributed by atoms with Crippen molar-refractivity contribution in [2.24, 2.45) is 0 Å². The van der Waals surface area contributed by atoms with Gasteiger partial charge in [-0.1, -0.05) is 58.4 Å². The zero-order chi connectivity index (χ0) is 22.7. The van der Waals surface area contributed by atoms with Gasteiger partial charge in [-0.3, -0.25) is 19.3 Å². The molecule has 1 fully saturated rings. The second kappa shape index (κ2) is 9.54. The van der Waals surface area contributed by atoms with Crippen LogP contribution in [0.3, 0.4) is 0 Å². The van der Waals surface area contributed by atoms with Crippen molar-refractivity contribution in [1.29, 1.82) is 0 Å². The lowest BCUT2D eigenvalue weighted by Gasteiger charge is -2.13. The van der Waals surface area contributed by atoms with Gasteiger partial charge in [-0.05, 0) is 71.8 Å². The highest BCUT2D eigenvalue weighted by Crippen LogP contribution is 2.33. The molecule has 5 nitrogen and oxygen atoms in total. The van der Waals surface area contributed by atoms with E-state index in [1.807, 2.05) is 55.5 Å². The Morgan fingerprint density at radius 1 is 1.03 bits per heavy atom. The van der Waals surface area contributed by atoms with E-state index >= 15 is 0 Å². The van der Waals surface area contributed by atoms with E-state index in [0.29, 0.717) is 10.5 Å². The number of carbonyl (C=O) groups excluding carboxylic acids is 3. The Kier molecular flexibility index (Phi) is 6.58. The quantitative estimate of drug-likeness (QED) is 0.415. The molecule has 3 aromatic carbocycles. The first-order chi connectivity index (χ1) is 15.4. The number of imide groups is 1. The summed E-state index contributed by atoms with van der Waals surface area (Å²) < 4.78 is 0.900. The average Bonchev–Trinajstić information content (AvgIpc) is 3.03. The number of benzene rings is 3. The number of rotatable bonds is 5. The molecule has 0 aromatic heterocycles. The van der Waals surface area contributed by atoms with E-state index in [4.69, 9.17) is 0 Å². The van der Waals surface area contributed by atoms with Crippen molar-refractivity contribution in [1.82, 2.24) is 4.90 Å². The number of hydrogen-bond donors (Lipinski definition) is 1. The van der Waals surface area contributed by atoms with Crippen LogP contribution in [0.5, 0.6) is 0 Å². The summed E-state index contributed by atoms with van der Waals surface area (Å²) in [4.78, 5) is 39.3. The van der Waals surface area contributed by atoms with Crippen LogP contribution in [0.1, 0.15) is 27.0 Å². The third kappa shape index (κ3) is 5.00. The topological polar surface area (TPSA) is 66.5 Å². The van der Waals surface area contributed by atoms with Crippen molar-refractivity contribution in [3.05, 3.63) is 104 Å². The van der Waals surface area contributed by atoms with Crippen LogP contribution in [0.4, 0.5) is 10.5 Å². The van der Waals surface area contributed by atoms with Crippen LogP contribution in [0.15, 0.2) is 82.2 Å². The molecule has 1 heterocycles. The van der Waals surface area contributed by atoms with Crippen molar-refractivity contribution in [2.45, 2.75) is 13.5 Å². The number of aryl methyl sites for hydroxylation is 1. The smallest absolute Gasteiger partial charge is 0.293 e. The van der Waals surface area contributed by atoms with Crippen LogP contribution in [-0.4, -0.2) is 22.0 Å². The van der Waals surface area contributed by atoms with E-state index in [9.17, 15) is 14.4 Å². The molecule has 4 rings (SSSR count). The van der Waals surface area contributed by atoms with Gasteiger partial charge in [0.1, 0.15) is 0 Å². The van der Waals surface area contributed by atoms with Gasteiger partial charge in [0, 0.05) is 15.7 Å². The molecule has 3 amide bonds. The van der Waals surface area contributed by atoms with Crippen molar-refractivity contribution in [3.8, 4) is 0 Å². The zero-order valence-electron chi connectivity index (χ0n) is 17.2. The lowest BCUT2D eigenvalue weighted by atomic mass is 10.1. The fourth-order valence-corrected chi connectivity index (χ4v) is 4.49. The molecule has 1 saturated heterocycles. The molecule has 3 aromatic rings. The minimum absolute atomic E-state index is 0.153.